The molecule has 1 saturated carbocycles. The zero-order valence-electron chi connectivity index (χ0n) is 11.1. The summed E-state index contributed by atoms with van der Waals surface area (Å²) in [6.07, 6.45) is 4.56. The molecular weight excluding hydrogens is 276 g/mol. The van der Waals surface area contributed by atoms with E-state index in [1.807, 2.05) is 24.3 Å². The third-order valence-corrected chi connectivity index (χ3v) is 4.09. The van der Waals surface area contributed by atoms with E-state index >= 15 is 0 Å². The first-order valence-electron chi connectivity index (χ1n) is 7.01. The topological polar surface area (TPSA) is 50.7 Å². The summed E-state index contributed by atoms with van der Waals surface area (Å²) >= 11 is 5.86. The van der Waals surface area contributed by atoms with Crippen molar-refractivity contribution < 1.29 is 9.63 Å². The maximum Gasteiger partial charge on any atom is 0.264 e. The molecule has 0 bridgehead atoms. The molecule has 1 N–H and O–H groups in total. The first kappa shape index (κ1) is 13.4. The first-order valence-corrected chi connectivity index (χ1v) is 7.39. The first-order chi connectivity index (χ1) is 9.72. The van der Waals surface area contributed by atoms with Gasteiger partial charge in [0.15, 0.2) is 0 Å². The Kier molecular flexibility index (Phi) is 3.92. The average molecular weight is 293 g/mol. The largest absolute Gasteiger partial charge is 0.382 e. The summed E-state index contributed by atoms with van der Waals surface area (Å²) in [6.45, 7) is 0. The summed E-state index contributed by atoms with van der Waals surface area (Å²) in [5, 5.41) is 7.75. The maximum absolute atomic E-state index is 12.1. The van der Waals surface area contributed by atoms with Gasteiger partial charge in [0.2, 0.25) is 6.10 Å². The number of carbonyl (C=O) groups excluding carboxylic acids is 1. The van der Waals surface area contributed by atoms with Crippen LogP contribution in [0.5, 0.6) is 0 Å². The van der Waals surface area contributed by atoms with Gasteiger partial charge in [0, 0.05) is 17.5 Å². The molecule has 20 heavy (non-hydrogen) atoms. The average Bonchev–Trinajstić information content (AvgIpc) is 3.10. The summed E-state index contributed by atoms with van der Waals surface area (Å²) in [6, 6.07) is 7.71. The second-order valence-corrected chi connectivity index (χ2v) is 5.77. The number of rotatable bonds is 3. The van der Waals surface area contributed by atoms with Gasteiger partial charge in [-0.2, -0.15) is 0 Å². The Bertz CT molecular complexity index is 521. The zero-order valence-corrected chi connectivity index (χ0v) is 11.9. The summed E-state index contributed by atoms with van der Waals surface area (Å²) in [5.41, 5.74) is 1.75. The van der Waals surface area contributed by atoms with Crippen molar-refractivity contribution in [1.29, 1.82) is 0 Å². The van der Waals surface area contributed by atoms with Crippen molar-refractivity contribution in [2.45, 2.75) is 44.2 Å². The van der Waals surface area contributed by atoms with Crippen LogP contribution in [-0.4, -0.2) is 23.8 Å². The normalized spacial score (nSPS) is 22.4. The molecule has 0 spiro atoms. The molecule has 106 valence electrons. The summed E-state index contributed by atoms with van der Waals surface area (Å²) in [5.74, 6) is -0.0513. The van der Waals surface area contributed by atoms with E-state index in [1.165, 1.54) is 12.8 Å². The van der Waals surface area contributed by atoms with Crippen LogP contribution in [0.2, 0.25) is 5.02 Å². The van der Waals surface area contributed by atoms with E-state index in [2.05, 4.69) is 10.5 Å². The number of hydrogen-bond acceptors (Lipinski definition) is 3. The lowest BCUT2D eigenvalue weighted by atomic mass is 10.0. The Balaban J connectivity index is 1.57. The van der Waals surface area contributed by atoms with E-state index in [1.54, 1.807) is 0 Å². The smallest absolute Gasteiger partial charge is 0.264 e. The molecule has 1 aromatic rings. The molecule has 4 nitrogen and oxygen atoms in total. The fraction of sp³-hybridized carbons (Fsp3) is 0.467. The van der Waals surface area contributed by atoms with E-state index in [4.69, 9.17) is 16.4 Å². The summed E-state index contributed by atoms with van der Waals surface area (Å²) in [7, 11) is 0. The molecular formula is C15H17ClN2O2. The van der Waals surface area contributed by atoms with Crippen molar-refractivity contribution in [1.82, 2.24) is 5.32 Å². The van der Waals surface area contributed by atoms with Gasteiger partial charge in [-0.05, 0) is 30.5 Å². The molecule has 0 saturated heterocycles. The number of nitrogens with zero attached hydrogens (tertiary/aromatic N) is 1. The van der Waals surface area contributed by atoms with E-state index in [9.17, 15) is 4.79 Å². The SMILES string of the molecule is O=C(NC1CCCC1)C1CC(c2ccc(Cl)cc2)=NO1. The molecule has 1 aliphatic heterocycles. The maximum atomic E-state index is 12.1. The van der Waals surface area contributed by atoms with Gasteiger partial charge in [0.05, 0.1) is 5.71 Å². The highest BCUT2D eigenvalue weighted by atomic mass is 35.5. The van der Waals surface area contributed by atoms with Crippen molar-refractivity contribution in [2.24, 2.45) is 5.16 Å². The highest BCUT2D eigenvalue weighted by molar-refractivity contribution is 6.30. The molecule has 1 atom stereocenters. The van der Waals surface area contributed by atoms with Crippen LogP contribution < -0.4 is 5.32 Å². The Morgan fingerprint density at radius 3 is 2.65 bits per heavy atom. The van der Waals surface area contributed by atoms with Gasteiger partial charge < -0.3 is 10.2 Å². The van der Waals surface area contributed by atoms with Crippen LogP contribution in [0.15, 0.2) is 29.4 Å². The van der Waals surface area contributed by atoms with E-state index in [-0.39, 0.29) is 5.91 Å². The lowest BCUT2D eigenvalue weighted by Crippen LogP contribution is -2.40. The van der Waals surface area contributed by atoms with Crippen LogP contribution in [0.25, 0.3) is 0 Å². The van der Waals surface area contributed by atoms with E-state index < -0.39 is 6.10 Å². The van der Waals surface area contributed by atoms with E-state index in [0.717, 1.165) is 24.1 Å². The number of benzene rings is 1. The molecule has 0 radical (unpaired) electrons. The number of amides is 1. The van der Waals surface area contributed by atoms with Gasteiger partial charge in [-0.1, -0.05) is 41.7 Å². The number of oxime groups is 1. The minimum atomic E-state index is -0.499. The molecule has 5 heteroatoms. The number of carbonyl (C=O) groups is 1. The fourth-order valence-electron chi connectivity index (χ4n) is 2.70. The van der Waals surface area contributed by atoms with Gasteiger partial charge >= 0.3 is 0 Å². The van der Waals surface area contributed by atoms with Crippen LogP contribution in [0.3, 0.4) is 0 Å². The second kappa shape index (κ2) is 5.83. The predicted octanol–water partition coefficient (Wildman–Crippen LogP) is 2.89. The van der Waals surface area contributed by atoms with Crippen molar-refractivity contribution in [3.63, 3.8) is 0 Å². The van der Waals surface area contributed by atoms with Crippen LogP contribution in [0.4, 0.5) is 0 Å². The minimum absolute atomic E-state index is 0.0513. The van der Waals surface area contributed by atoms with Gasteiger partial charge in [0.25, 0.3) is 5.91 Å². The van der Waals surface area contributed by atoms with Gasteiger partial charge in [0.1, 0.15) is 0 Å². The Labute approximate surface area is 123 Å². The molecule has 0 aromatic heterocycles. The van der Waals surface area contributed by atoms with Crippen LogP contribution >= 0.6 is 11.6 Å². The van der Waals surface area contributed by atoms with E-state index in [0.29, 0.717) is 17.5 Å². The lowest BCUT2D eigenvalue weighted by molar-refractivity contribution is -0.131. The van der Waals surface area contributed by atoms with Crippen molar-refractivity contribution in [2.75, 3.05) is 0 Å². The van der Waals surface area contributed by atoms with Crippen LogP contribution in [0.1, 0.15) is 37.7 Å². The highest BCUT2D eigenvalue weighted by Gasteiger charge is 2.30. The number of hydrogen-bond donors (Lipinski definition) is 1. The van der Waals surface area contributed by atoms with Crippen molar-refractivity contribution in [3.05, 3.63) is 34.9 Å². The fourth-order valence-corrected chi connectivity index (χ4v) is 2.82. The molecule has 3 rings (SSSR count). The van der Waals surface area contributed by atoms with Gasteiger partial charge in [-0.15, -0.1) is 0 Å². The molecule has 1 heterocycles. The molecule has 2 aliphatic rings. The van der Waals surface area contributed by atoms with Crippen molar-refractivity contribution in [3.8, 4) is 0 Å². The standard InChI is InChI=1S/C15H17ClN2O2/c16-11-7-5-10(6-8-11)13-9-14(20-18-13)15(19)17-12-3-1-2-4-12/h5-8,12,14H,1-4,9H2,(H,17,19). The third kappa shape index (κ3) is 2.96. The Hall–Kier alpha value is -1.55. The van der Waals surface area contributed by atoms with Crippen molar-refractivity contribution >= 4 is 23.2 Å². The third-order valence-electron chi connectivity index (χ3n) is 3.84. The second-order valence-electron chi connectivity index (χ2n) is 5.33. The van der Waals surface area contributed by atoms with Crippen LogP contribution in [0, 0.1) is 0 Å². The summed E-state index contributed by atoms with van der Waals surface area (Å²) in [4.78, 5) is 17.4. The monoisotopic (exact) mass is 292 g/mol. The quantitative estimate of drug-likeness (QED) is 0.931. The highest BCUT2D eigenvalue weighted by Crippen LogP contribution is 2.21. The number of halogens is 1. The van der Waals surface area contributed by atoms with Gasteiger partial charge in [-0.3, -0.25) is 4.79 Å². The molecule has 1 amide bonds. The molecule has 1 aliphatic carbocycles. The predicted molar refractivity (Wildman–Crippen MR) is 77.9 cm³/mol. The lowest BCUT2D eigenvalue weighted by Gasteiger charge is -2.14. The zero-order chi connectivity index (χ0) is 13.9. The Morgan fingerprint density at radius 1 is 1.25 bits per heavy atom. The number of nitrogens with one attached hydrogen (secondary N) is 1. The molecule has 1 aromatic carbocycles. The van der Waals surface area contributed by atoms with Gasteiger partial charge in [-0.25, -0.2) is 0 Å². The Morgan fingerprint density at radius 2 is 1.95 bits per heavy atom. The summed E-state index contributed by atoms with van der Waals surface area (Å²) < 4.78 is 0. The molecule has 1 fully saturated rings. The minimum Gasteiger partial charge on any atom is -0.382 e. The van der Waals surface area contributed by atoms with Crippen LogP contribution in [-0.2, 0) is 9.63 Å². The molecule has 1 unspecified atom stereocenters.